The summed E-state index contributed by atoms with van der Waals surface area (Å²) in [5.41, 5.74) is 3.04. The molecule has 0 saturated heterocycles. The van der Waals surface area contributed by atoms with Gasteiger partial charge in [0.05, 0.1) is 11.6 Å². The Hall–Kier alpha value is -5.28. The molecular formula is C32H35N5O10. The number of aliphatic hydroxyl groups excluding tert-OH is 2. The van der Waals surface area contributed by atoms with Crippen molar-refractivity contribution in [3.8, 4) is 17.2 Å². The van der Waals surface area contributed by atoms with Crippen LogP contribution in [0.3, 0.4) is 0 Å². The number of carbonyl (C=O) groups excluding carboxylic acids is 4. The molecule has 3 aliphatic carbocycles. The van der Waals surface area contributed by atoms with E-state index in [0.29, 0.717) is 28.4 Å². The van der Waals surface area contributed by atoms with Crippen LogP contribution in [0.4, 0.5) is 16.2 Å². The van der Waals surface area contributed by atoms with Gasteiger partial charge >= 0.3 is 6.03 Å². The second kappa shape index (κ2) is 11.2. The Balaban J connectivity index is 1.36. The highest BCUT2D eigenvalue weighted by atomic mass is 16.7. The van der Waals surface area contributed by atoms with E-state index in [1.807, 2.05) is 0 Å². The molecular weight excluding hydrogens is 614 g/mol. The Bertz CT molecular complexity index is 1820. The van der Waals surface area contributed by atoms with Gasteiger partial charge in [-0.15, -0.1) is 0 Å². The average Bonchev–Trinajstić information content (AvgIpc) is 3.46. The van der Waals surface area contributed by atoms with Crippen LogP contribution < -0.4 is 30.7 Å². The van der Waals surface area contributed by atoms with Gasteiger partial charge in [-0.2, -0.15) is 0 Å². The fraction of sp³-hybridized carbons (Fsp3) is 0.375. The number of nitrogens with one attached hydrogen (secondary N) is 2. The summed E-state index contributed by atoms with van der Waals surface area (Å²) in [7, 11) is 6.64. The number of Topliss-reactive ketones (excluding diaryl/α,β-unsaturated/α-hetero) is 2. The Kier molecular flexibility index (Phi) is 7.56. The summed E-state index contributed by atoms with van der Waals surface area (Å²) in [6.45, 7) is -0.119. The third kappa shape index (κ3) is 4.80. The van der Waals surface area contributed by atoms with Crippen molar-refractivity contribution >= 4 is 34.9 Å². The molecule has 248 valence electrons. The number of phenolic OH excluding ortho intramolecular Hbond substituents is 1. The van der Waals surface area contributed by atoms with Gasteiger partial charge in [0.15, 0.2) is 22.9 Å². The molecule has 8 N–H and O–H groups in total. The van der Waals surface area contributed by atoms with Gasteiger partial charge in [-0.1, -0.05) is 0 Å². The van der Waals surface area contributed by atoms with E-state index in [1.54, 1.807) is 57.4 Å². The summed E-state index contributed by atoms with van der Waals surface area (Å²) in [6.07, 6.45) is 0.108. The summed E-state index contributed by atoms with van der Waals surface area (Å²) in [5, 5.41) is 51.1. The number of hydrogen-bond acceptors (Lipinski definition) is 12. The van der Waals surface area contributed by atoms with Crippen LogP contribution in [0.5, 0.6) is 17.2 Å². The number of nitrogens with zero attached hydrogens (tertiary/aromatic N) is 2. The predicted octanol–water partition coefficient (Wildman–Crippen LogP) is 1.24. The smallest absolute Gasteiger partial charge is 0.319 e. The monoisotopic (exact) mass is 649 g/mol. The summed E-state index contributed by atoms with van der Waals surface area (Å²) in [6, 6.07) is 4.84. The highest BCUT2D eigenvalue weighted by Gasteiger charge is 2.63. The number of aromatic hydroxyl groups is 1. The number of aliphatic hydroxyl groups is 3. The van der Waals surface area contributed by atoms with E-state index in [4.69, 9.17) is 15.2 Å². The molecule has 2 aromatic carbocycles. The molecule has 4 atom stereocenters. The number of urea groups is 1. The highest BCUT2D eigenvalue weighted by Crippen LogP contribution is 2.53. The fourth-order valence-corrected chi connectivity index (χ4v) is 7.21. The number of fused-ring (bicyclic) bond motifs is 4. The quantitative estimate of drug-likeness (QED) is 0.220. The van der Waals surface area contributed by atoms with Gasteiger partial charge in [0.25, 0.3) is 5.91 Å². The molecule has 4 aliphatic rings. The van der Waals surface area contributed by atoms with Crippen molar-refractivity contribution in [3.63, 3.8) is 0 Å². The van der Waals surface area contributed by atoms with Crippen LogP contribution in [0.15, 0.2) is 46.9 Å². The molecule has 1 heterocycles. The number of amides is 3. The minimum atomic E-state index is -2.74. The zero-order valence-electron chi connectivity index (χ0n) is 26.1. The number of rotatable bonds is 6. The maximum Gasteiger partial charge on any atom is 0.319 e. The lowest BCUT2D eigenvalue weighted by Crippen LogP contribution is -2.63. The number of benzene rings is 2. The number of anilines is 2. The van der Waals surface area contributed by atoms with Gasteiger partial charge in [-0.05, 0) is 56.6 Å². The summed E-state index contributed by atoms with van der Waals surface area (Å²) < 4.78 is 10.6. The van der Waals surface area contributed by atoms with Gasteiger partial charge in [0, 0.05) is 55.1 Å². The Morgan fingerprint density at radius 2 is 1.77 bits per heavy atom. The molecule has 0 saturated carbocycles. The average molecular weight is 650 g/mol. The van der Waals surface area contributed by atoms with Crippen LogP contribution in [0.1, 0.15) is 27.9 Å². The molecule has 15 nitrogen and oxygen atoms in total. The first kappa shape index (κ1) is 31.7. The second-order valence-corrected chi connectivity index (χ2v) is 12.5. The summed E-state index contributed by atoms with van der Waals surface area (Å²) >= 11 is 0. The van der Waals surface area contributed by atoms with Crippen molar-refractivity contribution in [3.05, 3.63) is 63.6 Å². The van der Waals surface area contributed by atoms with Crippen LogP contribution in [0, 0.1) is 11.8 Å². The Morgan fingerprint density at radius 1 is 1.06 bits per heavy atom. The number of carbonyl (C=O) groups is 4. The highest BCUT2D eigenvalue weighted by molar-refractivity contribution is 6.25. The van der Waals surface area contributed by atoms with Crippen molar-refractivity contribution < 1.29 is 49.1 Å². The fourth-order valence-electron chi connectivity index (χ4n) is 7.21. The number of ketones is 2. The molecule has 0 unspecified atom stereocenters. The third-order valence-electron chi connectivity index (χ3n) is 9.33. The van der Waals surface area contributed by atoms with Crippen LogP contribution in [-0.2, 0) is 22.6 Å². The first-order valence-electron chi connectivity index (χ1n) is 14.8. The van der Waals surface area contributed by atoms with E-state index in [9.17, 15) is 39.6 Å². The van der Waals surface area contributed by atoms with Crippen molar-refractivity contribution in [2.24, 2.45) is 17.6 Å². The Morgan fingerprint density at radius 3 is 2.43 bits per heavy atom. The van der Waals surface area contributed by atoms with Crippen molar-refractivity contribution in [1.82, 2.24) is 10.2 Å². The Labute approximate surface area is 268 Å². The number of hydrogen-bond donors (Lipinski definition) is 7. The van der Waals surface area contributed by atoms with Gasteiger partial charge in [-0.3, -0.25) is 19.3 Å². The van der Waals surface area contributed by atoms with E-state index in [1.165, 1.54) is 4.90 Å². The zero-order valence-corrected chi connectivity index (χ0v) is 26.1. The van der Waals surface area contributed by atoms with Gasteiger partial charge in [0.2, 0.25) is 12.6 Å². The molecule has 3 amide bonds. The lowest BCUT2D eigenvalue weighted by Gasteiger charge is -2.50. The minimum absolute atomic E-state index is 0.0251. The largest absolute Gasteiger partial charge is 0.510 e. The molecule has 0 radical (unpaired) electrons. The van der Waals surface area contributed by atoms with E-state index in [-0.39, 0.29) is 42.9 Å². The van der Waals surface area contributed by atoms with Crippen LogP contribution >= 0.6 is 0 Å². The molecule has 0 spiro atoms. The molecule has 15 heteroatoms. The number of ether oxygens (including phenoxy) is 2. The maximum atomic E-state index is 14.2. The number of likely N-dealkylation sites (N-methyl/N-ethyl adjacent to an activating group) is 1. The van der Waals surface area contributed by atoms with Crippen LogP contribution in [-0.4, -0.2) is 95.5 Å². The number of nitrogens with two attached hydrogens (primary N) is 1. The van der Waals surface area contributed by atoms with Crippen molar-refractivity contribution in [2.75, 3.05) is 45.2 Å². The molecule has 2 aromatic rings. The number of primary amides is 1. The lowest BCUT2D eigenvalue weighted by atomic mass is 9.58. The van der Waals surface area contributed by atoms with Crippen LogP contribution in [0.2, 0.25) is 0 Å². The van der Waals surface area contributed by atoms with Crippen molar-refractivity contribution in [2.45, 2.75) is 31.0 Å². The van der Waals surface area contributed by atoms with E-state index in [2.05, 4.69) is 10.6 Å². The first-order valence-corrected chi connectivity index (χ1v) is 14.8. The number of allylic oxidation sites excluding steroid dienone is 1. The zero-order chi connectivity index (χ0) is 34.1. The van der Waals surface area contributed by atoms with E-state index in [0.717, 1.165) is 0 Å². The summed E-state index contributed by atoms with van der Waals surface area (Å²) in [4.78, 5) is 56.0. The van der Waals surface area contributed by atoms with Gasteiger partial charge in [0.1, 0.15) is 22.8 Å². The SMILES string of the molecule is CN(C)c1cc(CNC(=O)Nc2ccc3c(c2)OCO3)c(O)c2c1C[C@H]1C[C@H]3[C@H](N(C)C)C(O)=C(C(N)=O)C(=O)[C@@]3(O)C(O)=C1C2=O. The number of phenols is 1. The first-order chi connectivity index (χ1) is 22.2. The molecule has 6 rings (SSSR count). The lowest BCUT2D eigenvalue weighted by molar-refractivity contribution is -0.148. The van der Waals surface area contributed by atoms with Gasteiger partial charge in [-0.25, -0.2) is 4.79 Å². The molecule has 0 bridgehead atoms. The van der Waals surface area contributed by atoms with Crippen LogP contribution in [0.25, 0.3) is 0 Å². The van der Waals surface area contributed by atoms with Crippen molar-refractivity contribution in [1.29, 1.82) is 0 Å². The van der Waals surface area contributed by atoms with E-state index < -0.39 is 69.8 Å². The molecule has 47 heavy (non-hydrogen) atoms. The second-order valence-electron chi connectivity index (χ2n) is 12.5. The standard InChI is InChI=1S/C32H35N5O10/c1-36(2)18-9-14(11-34-31(44)35-15-5-6-19-20(10-15)47-12-46-19)25(38)22-16(18)7-13-8-17-24(37(3)4)27(40)23(30(33)43)29(42)32(17,45)28(41)21(13)26(22)39/h5-6,9-10,13,17,24,38,40-41,45H,7-8,11-12H2,1-4H3,(H2,33,43)(H2,34,35,44)/t13-,17-,24-,32-/m0/s1. The predicted molar refractivity (Wildman–Crippen MR) is 166 cm³/mol. The molecule has 0 fully saturated rings. The maximum absolute atomic E-state index is 14.2. The summed E-state index contributed by atoms with van der Waals surface area (Å²) in [5.74, 6) is -6.26. The third-order valence-corrected chi connectivity index (χ3v) is 9.33. The minimum Gasteiger partial charge on any atom is -0.510 e. The molecule has 0 aromatic heterocycles. The van der Waals surface area contributed by atoms with Gasteiger partial charge < -0.3 is 51.2 Å². The molecule has 1 aliphatic heterocycles. The van der Waals surface area contributed by atoms with E-state index >= 15 is 0 Å². The normalized spacial score (nSPS) is 24.5. The topological polar surface area (TPSA) is 224 Å².